The van der Waals surface area contributed by atoms with Crippen molar-refractivity contribution in [1.29, 1.82) is 0 Å². The third kappa shape index (κ3) is 4.54. The molecule has 1 fully saturated rings. The van der Waals surface area contributed by atoms with Crippen LogP contribution < -0.4 is 9.80 Å². The number of ether oxygens (including phenoxy) is 1. The molecule has 0 N–H and O–H groups in total. The maximum absolute atomic E-state index is 5.72. The van der Waals surface area contributed by atoms with E-state index in [9.17, 15) is 0 Å². The van der Waals surface area contributed by atoms with E-state index in [4.69, 9.17) is 9.72 Å². The smallest absolute Gasteiger partial charge is 0.227 e. The fraction of sp³-hybridized carbons (Fsp3) is 0.733. The van der Waals surface area contributed by atoms with Crippen molar-refractivity contribution < 1.29 is 4.74 Å². The fourth-order valence-corrected chi connectivity index (χ4v) is 2.56. The summed E-state index contributed by atoms with van der Waals surface area (Å²) in [6, 6.07) is 1.96. The fourth-order valence-electron chi connectivity index (χ4n) is 2.56. The molecule has 1 atom stereocenters. The molecule has 1 unspecified atom stereocenters. The monoisotopic (exact) mass is 293 g/mol. The summed E-state index contributed by atoms with van der Waals surface area (Å²) in [5, 5.41) is 0. The summed E-state index contributed by atoms with van der Waals surface area (Å²) in [7, 11) is 6.25. The standard InChI is InChI=1S/C15H27N5O/c1-5-19(4)14-6-7-16-15(17-14)20-8-9-21-12-13(11-20)10-18(2)3/h6-7,13H,5,8-12H2,1-4H3. The molecule has 0 bridgehead atoms. The van der Waals surface area contributed by atoms with Gasteiger partial charge in [0.1, 0.15) is 5.82 Å². The number of hydrogen-bond acceptors (Lipinski definition) is 6. The molecule has 2 heterocycles. The van der Waals surface area contributed by atoms with E-state index >= 15 is 0 Å². The van der Waals surface area contributed by atoms with Crippen molar-refractivity contribution >= 4 is 11.8 Å². The summed E-state index contributed by atoms with van der Waals surface area (Å²) in [5.74, 6) is 2.26. The van der Waals surface area contributed by atoms with Gasteiger partial charge in [0.2, 0.25) is 5.95 Å². The first kappa shape index (κ1) is 16.0. The Bertz CT molecular complexity index is 440. The first-order valence-electron chi connectivity index (χ1n) is 7.61. The van der Waals surface area contributed by atoms with Crippen LogP contribution >= 0.6 is 0 Å². The van der Waals surface area contributed by atoms with Gasteiger partial charge in [-0.1, -0.05) is 0 Å². The summed E-state index contributed by atoms with van der Waals surface area (Å²) in [6.45, 7) is 7.41. The molecule has 21 heavy (non-hydrogen) atoms. The lowest BCUT2D eigenvalue weighted by molar-refractivity contribution is 0.113. The second-order valence-corrected chi connectivity index (χ2v) is 5.88. The Hall–Kier alpha value is -1.40. The van der Waals surface area contributed by atoms with Gasteiger partial charge in [0.15, 0.2) is 0 Å². The normalized spacial score (nSPS) is 19.7. The Balaban J connectivity index is 2.11. The second-order valence-electron chi connectivity index (χ2n) is 5.88. The Morgan fingerprint density at radius 3 is 2.90 bits per heavy atom. The molecule has 0 saturated carbocycles. The van der Waals surface area contributed by atoms with Crippen LogP contribution in [-0.4, -0.2) is 75.4 Å². The van der Waals surface area contributed by atoms with Gasteiger partial charge < -0.3 is 19.4 Å². The molecular weight excluding hydrogens is 266 g/mol. The zero-order valence-corrected chi connectivity index (χ0v) is 13.6. The van der Waals surface area contributed by atoms with Crippen molar-refractivity contribution in [3.8, 4) is 0 Å². The lowest BCUT2D eigenvalue weighted by Crippen LogP contribution is -2.36. The maximum atomic E-state index is 5.72. The van der Waals surface area contributed by atoms with Gasteiger partial charge in [0, 0.05) is 45.3 Å². The highest BCUT2D eigenvalue weighted by molar-refractivity contribution is 5.43. The number of nitrogens with zero attached hydrogens (tertiary/aromatic N) is 5. The minimum atomic E-state index is 0.485. The van der Waals surface area contributed by atoms with E-state index in [1.165, 1.54) is 0 Å². The topological polar surface area (TPSA) is 44.7 Å². The quantitative estimate of drug-likeness (QED) is 0.805. The molecule has 1 aliphatic heterocycles. The molecule has 1 aromatic heterocycles. The first-order chi connectivity index (χ1) is 10.1. The molecule has 0 radical (unpaired) electrons. The lowest BCUT2D eigenvalue weighted by atomic mass is 10.1. The van der Waals surface area contributed by atoms with Gasteiger partial charge >= 0.3 is 0 Å². The molecule has 1 aromatic rings. The molecule has 6 nitrogen and oxygen atoms in total. The number of aromatic nitrogens is 2. The SMILES string of the molecule is CCN(C)c1ccnc(N2CCOCC(CN(C)C)C2)n1. The number of hydrogen-bond donors (Lipinski definition) is 0. The Morgan fingerprint density at radius 1 is 1.38 bits per heavy atom. The van der Waals surface area contributed by atoms with Crippen LogP contribution in [0, 0.1) is 5.92 Å². The molecular formula is C15H27N5O. The zero-order chi connectivity index (χ0) is 15.2. The van der Waals surface area contributed by atoms with E-state index in [0.717, 1.165) is 51.2 Å². The van der Waals surface area contributed by atoms with E-state index < -0.39 is 0 Å². The van der Waals surface area contributed by atoms with E-state index in [-0.39, 0.29) is 0 Å². The van der Waals surface area contributed by atoms with Crippen molar-refractivity contribution in [2.24, 2.45) is 5.92 Å². The first-order valence-corrected chi connectivity index (χ1v) is 7.61. The largest absolute Gasteiger partial charge is 0.379 e. The van der Waals surface area contributed by atoms with Crippen LogP contribution in [0.4, 0.5) is 11.8 Å². The lowest BCUT2D eigenvalue weighted by Gasteiger charge is -2.26. The molecule has 6 heteroatoms. The average Bonchev–Trinajstić information content (AvgIpc) is 2.71. The molecule has 2 rings (SSSR count). The Labute approximate surface area is 127 Å². The minimum absolute atomic E-state index is 0.485. The van der Waals surface area contributed by atoms with Crippen LogP contribution in [0.15, 0.2) is 12.3 Å². The van der Waals surface area contributed by atoms with Crippen LogP contribution in [-0.2, 0) is 4.74 Å². The highest BCUT2D eigenvalue weighted by Crippen LogP contribution is 2.17. The van der Waals surface area contributed by atoms with Crippen molar-refractivity contribution in [3.05, 3.63) is 12.3 Å². The molecule has 0 spiro atoms. The minimum Gasteiger partial charge on any atom is -0.379 e. The van der Waals surface area contributed by atoms with Gasteiger partial charge in [-0.3, -0.25) is 0 Å². The highest BCUT2D eigenvalue weighted by atomic mass is 16.5. The number of anilines is 2. The van der Waals surface area contributed by atoms with Gasteiger partial charge in [0.25, 0.3) is 0 Å². The third-order valence-corrected chi connectivity index (χ3v) is 3.74. The average molecular weight is 293 g/mol. The molecule has 118 valence electrons. The van der Waals surface area contributed by atoms with Gasteiger partial charge in [-0.25, -0.2) is 4.98 Å². The molecule has 0 amide bonds. The van der Waals surface area contributed by atoms with E-state index in [1.54, 1.807) is 0 Å². The Kier molecular flexibility index (Phi) is 5.76. The maximum Gasteiger partial charge on any atom is 0.227 e. The van der Waals surface area contributed by atoms with Gasteiger partial charge in [-0.05, 0) is 27.1 Å². The van der Waals surface area contributed by atoms with Crippen molar-refractivity contribution in [1.82, 2.24) is 14.9 Å². The van der Waals surface area contributed by atoms with Crippen molar-refractivity contribution in [3.63, 3.8) is 0 Å². The summed E-state index contributed by atoms with van der Waals surface area (Å²) in [5.41, 5.74) is 0. The van der Waals surface area contributed by atoms with Crippen LogP contribution in [0.25, 0.3) is 0 Å². The van der Waals surface area contributed by atoms with Crippen molar-refractivity contribution in [2.75, 3.05) is 70.3 Å². The van der Waals surface area contributed by atoms with Gasteiger partial charge in [-0.2, -0.15) is 4.98 Å². The molecule has 0 aromatic carbocycles. The molecule has 1 saturated heterocycles. The van der Waals surface area contributed by atoms with Gasteiger partial charge in [0.05, 0.1) is 13.2 Å². The van der Waals surface area contributed by atoms with Crippen LogP contribution in [0.3, 0.4) is 0 Å². The summed E-state index contributed by atoms with van der Waals surface area (Å²) in [4.78, 5) is 15.7. The van der Waals surface area contributed by atoms with E-state index in [0.29, 0.717) is 5.92 Å². The van der Waals surface area contributed by atoms with Crippen molar-refractivity contribution in [2.45, 2.75) is 6.92 Å². The molecule has 1 aliphatic rings. The molecule has 0 aliphatic carbocycles. The predicted octanol–water partition coefficient (Wildman–Crippen LogP) is 0.947. The summed E-state index contributed by atoms with van der Waals surface area (Å²) >= 11 is 0. The summed E-state index contributed by atoms with van der Waals surface area (Å²) in [6.07, 6.45) is 1.84. The summed E-state index contributed by atoms with van der Waals surface area (Å²) < 4.78 is 5.72. The zero-order valence-electron chi connectivity index (χ0n) is 13.6. The van der Waals surface area contributed by atoms with Crippen LogP contribution in [0.2, 0.25) is 0 Å². The predicted molar refractivity (Wildman–Crippen MR) is 86.1 cm³/mol. The van der Waals surface area contributed by atoms with Crippen LogP contribution in [0.5, 0.6) is 0 Å². The highest BCUT2D eigenvalue weighted by Gasteiger charge is 2.21. The van der Waals surface area contributed by atoms with E-state index in [2.05, 4.69) is 40.7 Å². The number of rotatable bonds is 5. The van der Waals surface area contributed by atoms with Crippen LogP contribution in [0.1, 0.15) is 6.92 Å². The third-order valence-electron chi connectivity index (χ3n) is 3.74. The van der Waals surface area contributed by atoms with Gasteiger partial charge in [-0.15, -0.1) is 0 Å². The Morgan fingerprint density at radius 2 is 2.19 bits per heavy atom. The second kappa shape index (κ2) is 7.56. The van der Waals surface area contributed by atoms with E-state index in [1.807, 2.05) is 19.3 Å².